The average Bonchev–Trinajstić information content (AvgIpc) is 3.11. The van der Waals surface area contributed by atoms with Crippen molar-refractivity contribution in [2.24, 2.45) is 5.92 Å². The first-order valence-electron chi connectivity index (χ1n) is 11.4. The molecule has 0 spiro atoms. The first-order valence-corrected chi connectivity index (χ1v) is 12.9. The van der Waals surface area contributed by atoms with E-state index in [4.69, 9.17) is 4.98 Å². The Balaban J connectivity index is 1.75. The fourth-order valence-electron chi connectivity index (χ4n) is 4.63. The highest BCUT2D eigenvalue weighted by molar-refractivity contribution is 7.91. The number of hydrogen-bond acceptors (Lipinski definition) is 4. The van der Waals surface area contributed by atoms with Crippen LogP contribution in [0.1, 0.15) is 46.4 Å². The highest BCUT2D eigenvalue weighted by atomic mass is 32.2. The van der Waals surface area contributed by atoms with Gasteiger partial charge in [0.2, 0.25) is 15.7 Å². The molecule has 3 aromatic rings. The van der Waals surface area contributed by atoms with Crippen molar-refractivity contribution in [1.29, 1.82) is 0 Å². The Kier molecular flexibility index (Phi) is 6.46. The summed E-state index contributed by atoms with van der Waals surface area (Å²) in [6.45, 7) is 9.61. The summed E-state index contributed by atoms with van der Waals surface area (Å²) in [6, 6.07) is 4.88. The Morgan fingerprint density at radius 3 is 2.20 bits per heavy atom. The number of halogens is 3. The number of rotatable bonds is 4. The van der Waals surface area contributed by atoms with E-state index in [0.29, 0.717) is 48.7 Å². The maximum atomic E-state index is 14.3. The fraction of sp³-hybridized carbons (Fsp3) is 0.440. The number of fused-ring (bicyclic) bond motifs is 1. The van der Waals surface area contributed by atoms with Crippen LogP contribution >= 0.6 is 0 Å². The normalized spacial score (nSPS) is 15.7. The molecule has 35 heavy (non-hydrogen) atoms. The van der Waals surface area contributed by atoms with Crippen molar-refractivity contribution in [3.05, 3.63) is 53.6 Å². The molecule has 0 N–H and O–H groups in total. The molecule has 1 aliphatic rings. The van der Waals surface area contributed by atoms with E-state index in [1.54, 1.807) is 13.0 Å². The van der Waals surface area contributed by atoms with Crippen LogP contribution in [0.2, 0.25) is 0 Å². The Labute approximate surface area is 202 Å². The van der Waals surface area contributed by atoms with Gasteiger partial charge >= 0.3 is 0 Å². The number of carbonyl (C=O) groups excluding carboxylic acids is 1. The molecule has 0 radical (unpaired) electrons. The molecule has 1 fully saturated rings. The number of benzene rings is 2. The zero-order valence-corrected chi connectivity index (χ0v) is 20.9. The molecular weight excluding hydrogens is 479 g/mol. The third-order valence-corrected chi connectivity index (χ3v) is 8.24. The Bertz CT molecular complexity index is 1380. The van der Waals surface area contributed by atoms with Gasteiger partial charge in [-0.3, -0.25) is 4.79 Å². The van der Waals surface area contributed by atoms with Crippen LogP contribution in [0.5, 0.6) is 0 Å². The third kappa shape index (κ3) is 4.80. The van der Waals surface area contributed by atoms with Crippen molar-refractivity contribution in [3.63, 3.8) is 0 Å². The van der Waals surface area contributed by atoms with Gasteiger partial charge in [-0.1, -0.05) is 20.8 Å². The molecule has 0 aliphatic carbocycles. The van der Waals surface area contributed by atoms with Crippen LogP contribution in [0, 0.1) is 23.4 Å². The lowest BCUT2D eigenvalue weighted by Gasteiger charge is -2.32. The van der Waals surface area contributed by atoms with Gasteiger partial charge < -0.3 is 9.47 Å². The SMILES string of the molecule is CC(=O)N1CCC(Cn2c(C(C)(C)C)nc3cc(S(=O)(=O)c4c(F)cc(F)cc4F)ccc32)CC1. The quantitative estimate of drug-likeness (QED) is 0.474. The summed E-state index contributed by atoms with van der Waals surface area (Å²) in [5.41, 5.74) is 0.746. The van der Waals surface area contributed by atoms with E-state index >= 15 is 0 Å². The van der Waals surface area contributed by atoms with Crippen LogP contribution in [0.15, 0.2) is 40.1 Å². The number of likely N-dealkylation sites (tertiary alicyclic amines) is 1. The molecule has 0 saturated carbocycles. The minimum absolute atomic E-state index is 0.0645. The second-order valence-corrected chi connectivity index (χ2v) is 12.0. The van der Waals surface area contributed by atoms with Gasteiger partial charge in [-0.05, 0) is 37.0 Å². The molecule has 0 atom stereocenters. The van der Waals surface area contributed by atoms with Crippen LogP contribution in [0.4, 0.5) is 13.2 Å². The lowest BCUT2D eigenvalue weighted by Crippen LogP contribution is -2.38. The van der Waals surface area contributed by atoms with Gasteiger partial charge in [0.25, 0.3) is 0 Å². The summed E-state index contributed by atoms with van der Waals surface area (Å²) in [5, 5.41) is 0. The molecule has 10 heteroatoms. The smallest absolute Gasteiger partial charge is 0.219 e. The zero-order chi connectivity index (χ0) is 25.7. The number of nitrogens with zero attached hydrogens (tertiary/aromatic N) is 3. The Hall–Kier alpha value is -2.88. The molecule has 0 unspecified atom stereocenters. The van der Waals surface area contributed by atoms with Crippen LogP contribution in [0.3, 0.4) is 0 Å². The van der Waals surface area contributed by atoms with Crippen LogP contribution in [-0.4, -0.2) is 41.9 Å². The van der Waals surface area contributed by atoms with E-state index in [9.17, 15) is 26.4 Å². The lowest BCUT2D eigenvalue weighted by molar-refractivity contribution is -0.130. The van der Waals surface area contributed by atoms with Gasteiger partial charge in [-0.15, -0.1) is 0 Å². The predicted molar refractivity (Wildman–Crippen MR) is 125 cm³/mol. The van der Waals surface area contributed by atoms with E-state index in [2.05, 4.69) is 4.57 Å². The highest BCUT2D eigenvalue weighted by Crippen LogP contribution is 2.33. The number of amides is 1. The molecule has 1 aromatic heterocycles. The summed E-state index contributed by atoms with van der Waals surface area (Å²) in [4.78, 5) is 16.7. The number of imidazole rings is 1. The van der Waals surface area contributed by atoms with E-state index in [0.717, 1.165) is 18.7 Å². The van der Waals surface area contributed by atoms with Crippen LogP contribution in [-0.2, 0) is 26.6 Å². The molecule has 2 aromatic carbocycles. The third-order valence-electron chi connectivity index (χ3n) is 6.43. The first-order chi connectivity index (χ1) is 16.3. The molecule has 188 valence electrons. The fourth-order valence-corrected chi connectivity index (χ4v) is 6.01. The van der Waals surface area contributed by atoms with Crippen LogP contribution in [0.25, 0.3) is 11.0 Å². The van der Waals surface area contributed by atoms with Crippen molar-refractivity contribution in [3.8, 4) is 0 Å². The van der Waals surface area contributed by atoms with E-state index in [1.807, 2.05) is 25.7 Å². The predicted octanol–water partition coefficient (Wildman–Crippen LogP) is 4.84. The Morgan fingerprint density at radius 2 is 1.66 bits per heavy atom. The topological polar surface area (TPSA) is 72.3 Å². The van der Waals surface area contributed by atoms with E-state index < -0.39 is 32.2 Å². The van der Waals surface area contributed by atoms with Gasteiger partial charge in [0.1, 0.15) is 28.2 Å². The van der Waals surface area contributed by atoms with Gasteiger partial charge in [0.15, 0.2) is 0 Å². The summed E-state index contributed by atoms with van der Waals surface area (Å²) in [6.07, 6.45) is 1.69. The zero-order valence-electron chi connectivity index (χ0n) is 20.1. The number of hydrogen-bond donors (Lipinski definition) is 0. The molecule has 1 aliphatic heterocycles. The summed E-state index contributed by atoms with van der Waals surface area (Å²) in [7, 11) is -4.59. The van der Waals surface area contributed by atoms with Gasteiger partial charge in [-0.25, -0.2) is 26.6 Å². The molecule has 2 heterocycles. The molecule has 1 amide bonds. The van der Waals surface area contributed by atoms with Gasteiger partial charge in [0.05, 0.1) is 15.9 Å². The monoisotopic (exact) mass is 507 g/mol. The van der Waals surface area contributed by atoms with Gasteiger partial charge in [-0.2, -0.15) is 0 Å². The maximum Gasteiger partial charge on any atom is 0.219 e. The van der Waals surface area contributed by atoms with E-state index in [-0.39, 0.29) is 16.2 Å². The summed E-state index contributed by atoms with van der Waals surface area (Å²) in [5.74, 6) is -3.03. The Morgan fingerprint density at radius 1 is 1.06 bits per heavy atom. The average molecular weight is 508 g/mol. The summed E-state index contributed by atoms with van der Waals surface area (Å²) < 4.78 is 70.0. The lowest BCUT2D eigenvalue weighted by atomic mass is 9.93. The number of piperidine rings is 1. The maximum absolute atomic E-state index is 14.3. The standard InChI is InChI=1S/C25H28F3N3O3S/c1-15(32)30-9-7-16(8-10-30)14-31-22-6-5-18(13-21(22)29-24(31)25(2,3)4)35(33,34)23-19(27)11-17(26)12-20(23)28/h5-6,11-13,16H,7-10,14H2,1-4H3. The molecule has 4 rings (SSSR count). The first kappa shape index (κ1) is 25.2. The molecule has 1 saturated heterocycles. The second kappa shape index (κ2) is 8.96. The van der Waals surface area contributed by atoms with E-state index in [1.165, 1.54) is 12.1 Å². The highest BCUT2D eigenvalue weighted by Gasteiger charge is 2.30. The van der Waals surface area contributed by atoms with Crippen molar-refractivity contribution < 1.29 is 26.4 Å². The van der Waals surface area contributed by atoms with Crippen molar-refractivity contribution in [2.45, 2.75) is 62.3 Å². The van der Waals surface area contributed by atoms with Gasteiger partial charge in [0, 0.05) is 44.1 Å². The minimum Gasteiger partial charge on any atom is -0.343 e. The largest absolute Gasteiger partial charge is 0.343 e. The summed E-state index contributed by atoms with van der Waals surface area (Å²) >= 11 is 0. The van der Waals surface area contributed by atoms with Crippen molar-refractivity contribution >= 4 is 26.8 Å². The molecule has 0 bridgehead atoms. The second-order valence-electron chi connectivity index (χ2n) is 10.1. The molecule has 6 nitrogen and oxygen atoms in total. The minimum atomic E-state index is -4.59. The van der Waals surface area contributed by atoms with Crippen molar-refractivity contribution in [2.75, 3.05) is 13.1 Å². The number of aromatic nitrogens is 2. The number of carbonyl (C=O) groups is 1. The van der Waals surface area contributed by atoms with Crippen LogP contribution < -0.4 is 0 Å². The molecular formula is C25H28F3N3O3S. The van der Waals surface area contributed by atoms with Crippen molar-refractivity contribution in [1.82, 2.24) is 14.5 Å². The number of sulfone groups is 1.